The predicted octanol–water partition coefficient (Wildman–Crippen LogP) is -0.189. The topological polar surface area (TPSA) is 110 Å². The molecular formula is C11H13N5O2. The number of rotatable bonds is 2. The second-order valence-electron chi connectivity index (χ2n) is 4.48. The number of nitrogens with zero attached hydrogens (tertiary/aromatic N) is 3. The fourth-order valence-corrected chi connectivity index (χ4v) is 2.34. The van der Waals surface area contributed by atoms with Crippen LogP contribution in [0.25, 0.3) is 11.2 Å². The van der Waals surface area contributed by atoms with E-state index in [1.165, 1.54) is 0 Å². The fraction of sp³-hybridized carbons (Fsp3) is 0.364. The zero-order valence-corrected chi connectivity index (χ0v) is 9.63. The van der Waals surface area contributed by atoms with Crippen LogP contribution in [-0.4, -0.2) is 31.2 Å². The van der Waals surface area contributed by atoms with E-state index in [2.05, 4.69) is 21.5 Å². The lowest BCUT2D eigenvalue weighted by Crippen LogP contribution is -2.32. The Kier molecular flexibility index (Phi) is 2.24. The van der Waals surface area contributed by atoms with Crippen LogP contribution in [0, 0.1) is 5.92 Å². The van der Waals surface area contributed by atoms with Crippen LogP contribution in [0.3, 0.4) is 0 Å². The third-order valence-electron chi connectivity index (χ3n) is 3.47. The molecule has 2 aromatic heterocycles. The van der Waals surface area contributed by atoms with Crippen molar-refractivity contribution in [2.45, 2.75) is 12.5 Å². The van der Waals surface area contributed by atoms with Gasteiger partial charge in [-0.05, 0) is 12.0 Å². The first-order chi connectivity index (χ1) is 8.61. The Balaban J connectivity index is 2.09. The monoisotopic (exact) mass is 247 g/mol. The maximum Gasteiger partial charge on any atom is 0.280 e. The number of nitrogens with two attached hydrogens (primary N) is 1. The summed E-state index contributed by atoms with van der Waals surface area (Å²) in [5.41, 5.74) is 6.84. The number of hydrogen-bond donors (Lipinski definition) is 3. The predicted molar refractivity (Wildman–Crippen MR) is 65.9 cm³/mol. The van der Waals surface area contributed by atoms with Crippen molar-refractivity contribution in [3.8, 4) is 0 Å². The van der Waals surface area contributed by atoms with E-state index in [0.717, 1.165) is 12.0 Å². The van der Waals surface area contributed by atoms with E-state index in [-0.39, 0.29) is 35.6 Å². The zero-order valence-electron chi connectivity index (χ0n) is 9.63. The lowest BCUT2D eigenvalue weighted by Gasteiger charge is -2.38. The molecule has 2 unspecified atom stereocenters. The van der Waals surface area contributed by atoms with Gasteiger partial charge in [-0.3, -0.25) is 9.78 Å². The van der Waals surface area contributed by atoms with E-state index >= 15 is 0 Å². The normalized spacial score (nSPS) is 23.3. The zero-order chi connectivity index (χ0) is 12.9. The molecule has 0 aliphatic heterocycles. The van der Waals surface area contributed by atoms with Gasteiger partial charge in [-0.1, -0.05) is 6.58 Å². The third kappa shape index (κ3) is 1.37. The number of nitrogens with one attached hydrogen (secondary N) is 1. The molecule has 0 saturated heterocycles. The number of anilines is 1. The number of aliphatic hydroxyl groups is 1. The van der Waals surface area contributed by atoms with Crippen LogP contribution in [0.5, 0.6) is 0 Å². The Morgan fingerprint density at radius 3 is 3.11 bits per heavy atom. The van der Waals surface area contributed by atoms with Crippen molar-refractivity contribution in [3.63, 3.8) is 0 Å². The Morgan fingerprint density at radius 1 is 1.67 bits per heavy atom. The van der Waals surface area contributed by atoms with Gasteiger partial charge in [0.25, 0.3) is 5.56 Å². The average molecular weight is 247 g/mol. The van der Waals surface area contributed by atoms with E-state index < -0.39 is 0 Å². The number of hydrogen-bond acceptors (Lipinski definition) is 5. The summed E-state index contributed by atoms with van der Waals surface area (Å²) in [5, 5.41) is 9.10. The molecule has 7 nitrogen and oxygen atoms in total. The Labute approximate surface area is 102 Å². The number of H-pyrrole nitrogens is 1. The fourth-order valence-electron chi connectivity index (χ4n) is 2.34. The average Bonchev–Trinajstić information content (AvgIpc) is 2.72. The second kappa shape index (κ2) is 3.67. The minimum absolute atomic E-state index is 0.0286. The number of aliphatic hydroxyl groups excluding tert-OH is 1. The van der Waals surface area contributed by atoms with Gasteiger partial charge in [-0.2, -0.15) is 4.98 Å². The van der Waals surface area contributed by atoms with Crippen molar-refractivity contribution < 1.29 is 5.11 Å². The highest BCUT2D eigenvalue weighted by molar-refractivity contribution is 5.71. The minimum atomic E-state index is -0.347. The highest BCUT2D eigenvalue weighted by Crippen LogP contribution is 2.42. The molecule has 1 fully saturated rings. The van der Waals surface area contributed by atoms with Crippen LogP contribution in [0.15, 0.2) is 23.3 Å². The van der Waals surface area contributed by atoms with Gasteiger partial charge in [-0.25, -0.2) is 4.98 Å². The SMILES string of the molecule is C=C1C(CO)CC1n1cnc2c(=O)[nH]c(N)nc21. The van der Waals surface area contributed by atoms with Gasteiger partial charge in [0, 0.05) is 12.5 Å². The molecule has 0 bridgehead atoms. The quantitative estimate of drug-likeness (QED) is 0.637. The first-order valence-corrected chi connectivity index (χ1v) is 5.63. The molecule has 0 amide bonds. The standard InChI is InChI=1S/C11H13N5O2/c1-5-6(3-17)2-7(5)16-4-13-8-9(16)14-11(12)15-10(8)18/h4,6-7,17H,1-3H2,(H3,12,14,15,18). The van der Waals surface area contributed by atoms with Crippen LogP contribution in [0.4, 0.5) is 5.95 Å². The first kappa shape index (κ1) is 11.0. The number of aromatic amines is 1. The van der Waals surface area contributed by atoms with Crippen LogP contribution in [0.2, 0.25) is 0 Å². The summed E-state index contributed by atoms with van der Waals surface area (Å²) in [5.74, 6) is 0.185. The van der Waals surface area contributed by atoms with Gasteiger partial charge in [0.2, 0.25) is 5.95 Å². The highest BCUT2D eigenvalue weighted by Gasteiger charge is 2.35. The van der Waals surface area contributed by atoms with Crippen molar-refractivity contribution in [2.24, 2.45) is 5.92 Å². The molecule has 0 aromatic carbocycles. The van der Waals surface area contributed by atoms with Crippen LogP contribution in [-0.2, 0) is 0 Å². The third-order valence-corrected chi connectivity index (χ3v) is 3.47. The summed E-state index contributed by atoms with van der Waals surface area (Å²) >= 11 is 0. The minimum Gasteiger partial charge on any atom is -0.396 e. The molecule has 1 saturated carbocycles. The van der Waals surface area contributed by atoms with E-state index in [0.29, 0.717) is 5.65 Å². The van der Waals surface area contributed by atoms with Crippen LogP contribution < -0.4 is 11.3 Å². The van der Waals surface area contributed by atoms with Crippen LogP contribution in [0.1, 0.15) is 12.5 Å². The van der Waals surface area contributed by atoms with Gasteiger partial charge in [-0.15, -0.1) is 0 Å². The molecule has 7 heteroatoms. The van der Waals surface area contributed by atoms with Crippen molar-refractivity contribution in [1.29, 1.82) is 0 Å². The Bertz CT molecular complexity index is 686. The molecule has 1 aliphatic rings. The van der Waals surface area contributed by atoms with Gasteiger partial charge in [0.05, 0.1) is 12.4 Å². The summed E-state index contributed by atoms with van der Waals surface area (Å²) in [4.78, 5) is 22.2. The molecule has 1 aliphatic carbocycles. The maximum absolute atomic E-state index is 11.6. The van der Waals surface area contributed by atoms with Gasteiger partial charge in [0.1, 0.15) is 0 Å². The Morgan fingerprint density at radius 2 is 2.44 bits per heavy atom. The first-order valence-electron chi connectivity index (χ1n) is 5.63. The Hall–Kier alpha value is -2.15. The maximum atomic E-state index is 11.6. The number of imidazole rings is 1. The smallest absolute Gasteiger partial charge is 0.280 e. The van der Waals surface area contributed by atoms with Crippen LogP contribution >= 0.6 is 0 Å². The van der Waals surface area contributed by atoms with Gasteiger partial charge < -0.3 is 15.4 Å². The molecule has 0 spiro atoms. The summed E-state index contributed by atoms with van der Waals surface area (Å²) in [7, 11) is 0. The molecule has 2 aromatic rings. The lowest BCUT2D eigenvalue weighted by atomic mass is 9.76. The summed E-state index contributed by atoms with van der Waals surface area (Å²) in [6.45, 7) is 4.04. The van der Waals surface area contributed by atoms with E-state index in [9.17, 15) is 4.79 Å². The van der Waals surface area contributed by atoms with Gasteiger partial charge >= 0.3 is 0 Å². The molecule has 3 rings (SSSR count). The molecule has 94 valence electrons. The molecule has 2 heterocycles. The molecular weight excluding hydrogens is 234 g/mol. The summed E-state index contributed by atoms with van der Waals surface area (Å²) in [6, 6.07) is 0.0286. The molecule has 18 heavy (non-hydrogen) atoms. The number of nitrogen functional groups attached to an aromatic ring is 1. The van der Waals surface area contributed by atoms with Crippen molar-refractivity contribution in [1.82, 2.24) is 19.5 Å². The molecule has 4 N–H and O–H groups in total. The van der Waals surface area contributed by atoms with Crippen molar-refractivity contribution in [3.05, 3.63) is 28.8 Å². The van der Waals surface area contributed by atoms with Crippen molar-refractivity contribution >= 4 is 17.1 Å². The molecule has 2 atom stereocenters. The molecule has 0 radical (unpaired) electrons. The number of fused-ring (bicyclic) bond motifs is 1. The van der Waals surface area contributed by atoms with Gasteiger partial charge in [0.15, 0.2) is 11.2 Å². The lowest BCUT2D eigenvalue weighted by molar-refractivity contribution is 0.180. The highest BCUT2D eigenvalue weighted by atomic mass is 16.3. The second-order valence-corrected chi connectivity index (χ2v) is 4.48. The van der Waals surface area contributed by atoms with E-state index in [4.69, 9.17) is 10.8 Å². The van der Waals surface area contributed by atoms with E-state index in [1.54, 1.807) is 10.9 Å². The summed E-state index contributed by atoms with van der Waals surface area (Å²) < 4.78 is 1.79. The number of aromatic nitrogens is 4. The largest absolute Gasteiger partial charge is 0.396 e. The van der Waals surface area contributed by atoms with E-state index in [1.807, 2.05) is 0 Å². The van der Waals surface area contributed by atoms with Crippen molar-refractivity contribution in [2.75, 3.05) is 12.3 Å². The summed E-state index contributed by atoms with van der Waals surface area (Å²) in [6.07, 6.45) is 2.34.